The number of carbonyl (C=O) groups is 1. The van der Waals surface area contributed by atoms with Crippen LogP contribution in [-0.4, -0.2) is 38.8 Å². The van der Waals surface area contributed by atoms with Gasteiger partial charge in [0.15, 0.2) is 0 Å². The van der Waals surface area contributed by atoms with E-state index in [0.717, 1.165) is 22.7 Å². The average Bonchev–Trinajstić information content (AvgIpc) is 2.38. The fraction of sp³-hybridized carbons (Fsp3) is 0.533. The van der Waals surface area contributed by atoms with E-state index >= 15 is 0 Å². The number of amides is 1. The molecule has 0 aliphatic heterocycles. The molecule has 0 spiro atoms. The maximum atomic E-state index is 12.3. The summed E-state index contributed by atoms with van der Waals surface area (Å²) in [7, 11) is -0.594. The molecule has 1 amide bonds. The van der Waals surface area contributed by atoms with Gasteiger partial charge in [-0.1, -0.05) is 19.4 Å². The fourth-order valence-corrected chi connectivity index (χ4v) is 2.95. The number of benzene rings is 1. The molecule has 0 aliphatic rings. The zero-order valence-electron chi connectivity index (χ0n) is 13.3. The van der Waals surface area contributed by atoms with Crippen molar-refractivity contribution in [2.24, 2.45) is 0 Å². The molecule has 1 aromatic rings. The molecule has 5 nitrogen and oxygen atoms in total. The fourth-order valence-electron chi connectivity index (χ4n) is 2.02. The van der Waals surface area contributed by atoms with E-state index in [1.807, 2.05) is 6.92 Å². The lowest BCUT2D eigenvalue weighted by molar-refractivity contribution is 0.0937. The van der Waals surface area contributed by atoms with E-state index in [4.69, 9.17) is 0 Å². The van der Waals surface area contributed by atoms with Gasteiger partial charge in [-0.15, -0.1) is 0 Å². The summed E-state index contributed by atoms with van der Waals surface area (Å²) < 4.78 is 25.4. The molecule has 0 fully saturated rings. The van der Waals surface area contributed by atoms with E-state index < -0.39 is 10.0 Å². The second-order valence-electron chi connectivity index (χ2n) is 5.43. The third-order valence-electron chi connectivity index (χ3n) is 3.33. The van der Waals surface area contributed by atoms with Gasteiger partial charge in [0.25, 0.3) is 5.91 Å². The summed E-state index contributed by atoms with van der Waals surface area (Å²) in [5.41, 5.74) is 1.16. The molecular formula is C15H24N2O3S. The van der Waals surface area contributed by atoms with E-state index in [-0.39, 0.29) is 16.8 Å². The second-order valence-corrected chi connectivity index (χ2v) is 7.58. The predicted octanol–water partition coefficient (Wildman–Crippen LogP) is 2.16. The molecule has 21 heavy (non-hydrogen) atoms. The Morgan fingerprint density at radius 3 is 2.48 bits per heavy atom. The van der Waals surface area contributed by atoms with Crippen molar-refractivity contribution in [3.8, 4) is 0 Å². The van der Waals surface area contributed by atoms with Crippen LogP contribution in [0.25, 0.3) is 0 Å². The number of hydrogen-bond acceptors (Lipinski definition) is 3. The molecule has 6 heteroatoms. The van der Waals surface area contributed by atoms with Gasteiger partial charge in [0.05, 0.1) is 4.90 Å². The molecule has 0 heterocycles. The lowest BCUT2D eigenvalue weighted by atomic mass is 10.1. The molecule has 0 radical (unpaired) electrons. The zero-order valence-corrected chi connectivity index (χ0v) is 14.1. The number of rotatable bonds is 6. The Bertz CT molecular complexity index is 609. The minimum atomic E-state index is -3.54. The zero-order chi connectivity index (χ0) is 16.2. The van der Waals surface area contributed by atoms with Gasteiger partial charge < -0.3 is 5.32 Å². The molecule has 0 saturated heterocycles. The largest absolute Gasteiger partial charge is 0.350 e. The summed E-state index contributed by atoms with van der Waals surface area (Å²) in [6, 6.07) is 4.70. The van der Waals surface area contributed by atoms with Gasteiger partial charge in [0, 0.05) is 25.7 Å². The van der Waals surface area contributed by atoms with Gasteiger partial charge in [-0.3, -0.25) is 4.79 Å². The molecule has 1 rings (SSSR count). The van der Waals surface area contributed by atoms with Crippen molar-refractivity contribution in [2.45, 2.75) is 44.6 Å². The van der Waals surface area contributed by atoms with Gasteiger partial charge in [0.1, 0.15) is 0 Å². The topological polar surface area (TPSA) is 66.5 Å². The number of carbonyl (C=O) groups excluding carboxylic acids is 1. The Morgan fingerprint density at radius 2 is 1.95 bits per heavy atom. The maximum absolute atomic E-state index is 12.3. The van der Waals surface area contributed by atoms with Gasteiger partial charge in [-0.05, 0) is 38.0 Å². The molecule has 0 aliphatic carbocycles. The molecular weight excluding hydrogens is 288 g/mol. The summed E-state index contributed by atoms with van der Waals surface area (Å²) in [5, 5.41) is 2.90. The summed E-state index contributed by atoms with van der Waals surface area (Å²) in [6.07, 6.45) is 1.87. The van der Waals surface area contributed by atoms with Gasteiger partial charge in [-0.25, -0.2) is 12.7 Å². The first-order valence-electron chi connectivity index (χ1n) is 7.04. The van der Waals surface area contributed by atoms with Crippen molar-refractivity contribution < 1.29 is 13.2 Å². The molecule has 0 aromatic heterocycles. The SMILES string of the molecule is CCCC(C)NC(=O)c1cc(S(=O)(=O)N(C)C)ccc1C. The van der Waals surface area contributed by atoms with Crippen LogP contribution in [0.2, 0.25) is 0 Å². The standard InChI is InChI=1S/C15H24N2O3S/c1-6-7-12(3)16-15(18)14-10-13(9-8-11(14)2)21(19,20)17(4)5/h8-10,12H,6-7H2,1-5H3,(H,16,18). The second kappa shape index (κ2) is 7.04. The first-order valence-corrected chi connectivity index (χ1v) is 8.48. The first kappa shape index (κ1) is 17.7. The molecule has 1 atom stereocenters. The van der Waals surface area contributed by atoms with E-state index in [1.165, 1.54) is 26.2 Å². The van der Waals surface area contributed by atoms with Gasteiger partial charge >= 0.3 is 0 Å². The van der Waals surface area contributed by atoms with Crippen LogP contribution in [0.5, 0.6) is 0 Å². The lowest BCUT2D eigenvalue weighted by Gasteiger charge is -2.16. The Labute approximate surface area is 127 Å². The van der Waals surface area contributed by atoms with Crippen molar-refractivity contribution in [3.63, 3.8) is 0 Å². The minimum Gasteiger partial charge on any atom is -0.350 e. The van der Waals surface area contributed by atoms with Crippen LogP contribution in [0, 0.1) is 6.92 Å². The number of hydrogen-bond donors (Lipinski definition) is 1. The molecule has 118 valence electrons. The normalized spacial score (nSPS) is 13.2. The van der Waals surface area contributed by atoms with E-state index in [0.29, 0.717) is 5.56 Å². The summed E-state index contributed by atoms with van der Waals surface area (Å²) >= 11 is 0. The Morgan fingerprint density at radius 1 is 1.33 bits per heavy atom. The van der Waals surface area contributed by atoms with Crippen LogP contribution in [0.4, 0.5) is 0 Å². The third kappa shape index (κ3) is 4.28. The van der Waals surface area contributed by atoms with E-state index in [9.17, 15) is 13.2 Å². The molecule has 0 saturated carbocycles. The Hall–Kier alpha value is -1.40. The van der Waals surface area contributed by atoms with Crippen molar-refractivity contribution in [3.05, 3.63) is 29.3 Å². The Balaban J connectivity index is 3.11. The molecule has 1 N–H and O–H groups in total. The van der Waals surface area contributed by atoms with Gasteiger partial charge in [-0.2, -0.15) is 0 Å². The summed E-state index contributed by atoms with van der Waals surface area (Å²) in [5.74, 6) is -0.232. The first-order chi connectivity index (χ1) is 9.70. The van der Waals surface area contributed by atoms with Crippen molar-refractivity contribution >= 4 is 15.9 Å². The molecule has 0 bridgehead atoms. The van der Waals surface area contributed by atoms with Crippen molar-refractivity contribution in [1.29, 1.82) is 0 Å². The van der Waals surface area contributed by atoms with Crippen molar-refractivity contribution in [2.75, 3.05) is 14.1 Å². The van der Waals surface area contributed by atoms with Gasteiger partial charge in [0.2, 0.25) is 10.0 Å². The highest BCUT2D eigenvalue weighted by Gasteiger charge is 2.20. The van der Waals surface area contributed by atoms with Crippen LogP contribution in [0.15, 0.2) is 23.1 Å². The lowest BCUT2D eigenvalue weighted by Crippen LogP contribution is -2.33. The summed E-state index contributed by atoms with van der Waals surface area (Å²) in [6.45, 7) is 5.79. The highest BCUT2D eigenvalue weighted by atomic mass is 32.2. The smallest absolute Gasteiger partial charge is 0.251 e. The van der Waals surface area contributed by atoms with Crippen LogP contribution in [0.1, 0.15) is 42.6 Å². The van der Waals surface area contributed by atoms with E-state index in [1.54, 1.807) is 13.0 Å². The summed E-state index contributed by atoms with van der Waals surface area (Å²) in [4.78, 5) is 12.4. The molecule has 1 aromatic carbocycles. The van der Waals surface area contributed by atoms with Crippen LogP contribution >= 0.6 is 0 Å². The van der Waals surface area contributed by atoms with Crippen molar-refractivity contribution in [1.82, 2.24) is 9.62 Å². The minimum absolute atomic E-state index is 0.0658. The number of sulfonamides is 1. The Kier molecular flexibility index (Phi) is 5.92. The number of nitrogens with zero attached hydrogens (tertiary/aromatic N) is 1. The number of aryl methyl sites for hydroxylation is 1. The molecule has 1 unspecified atom stereocenters. The monoisotopic (exact) mass is 312 g/mol. The average molecular weight is 312 g/mol. The highest BCUT2D eigenvalue weighted by molar-refractivity contribution is 7.89. The van der Waals surface area contributed by atoms with E-state index in [2.05, 4.69) is 12.2 Å². The maximum Gasteiger partial charge on any atom is 0.251 e. The van der Waals surface area contributed by atoms with Crippen LogP contribution < -0.4 is 5.32 Å². The highest BCUT2D eigenvalue weighted by Crippen LogP contribution is 2.18. The predicted molar refractivity (Wildman–Crippen MR) is 83.9 cm³/mol. The quantitative estimate of drug-likeness (QED) is 0.875. The van der Waals surface area contributed by atoms with Crippen LogP contribution in [-0.2, 0) is 10.0 Å². The number of nitrogens with one attached hydrogen (secondary N) is 1. The third-order valence-corrected chi connectivity index (χ3v) is 5.14. The van der Waals surface area contributed by atoms with Crippen LogP contribution in [0.3, 0.4) is 0 Å².